The predicted octanol–water partition coefficient (Wildman–Crippen LogP) is 5.37. The van der Waals surface area contributed by atoms with E-state index in [-0.39, 0.29) is 0 Å². The molecule has 1 fully saturated rings. The number of benzene rings is 1. The quantitative estimate of drug-likeness (QED) is 0.778. The van der Waals surface area contributed by atoms with Crippen molar-refractivity contribution in [3.05, 3.63) is 33.3 Å². The fraction of sp³-hybridized carbons (Fsp3) is 0.625. The Hall–Kier alpha value is -0.0500. The van der Waals surface area contributed by atoms with Crippen molar-refractivity contribution in [1.29, 1.82) is 0 Å². The van der Waals surface area contributed by atoms with E-state index in [1.807, 2.05) is 18.2 Å². The molecule has 19 heavy (non-hydrogen) atoms. The third-order valence-corrected chi connectivity index (χ3v) is 5.11. The number of aliphatic hydroxyl groups is 1. The Balaban J connectivity index is 1.99. The van der Waals surface area contributed by atoms with Crippen LogP contribution in [0.1, 0.15) is 51.0 Å². The van der Waals surface area contributed by atoms with Crippen LogP contribution in [0.2, 0.25) is 5.02 Å². The minimum atomic E-state index is -0.554. The summed E-state index contributed by atoms with van der Waals surface area (Å²) < 4.78 is 0.986. The molecule has 0 heterocycles. The molecule has 0 amide bonds. The molecule has 0 bridgehead atoms. The smallest absolute Gasteiger partial charge is 0.0688 e. The van der Waals surface area contributed by atoms with Crippen molar-refractivity contribution in [2.45, 2.75) is 57.5 Å². The zero-order chi connectivity index (χ0) is 13.9. The normalized spacial score (nSPS) is 27.5. The lowest BCUT2D eigenvalue weighted by atomic mass is 9.75. The summed E-state index contributed by atoms with van der Waals surface area (Å²) in [7, 11) is 0. The average Bonchev–Trinajstić information content (AvgIpc) is 2.36. The van der Waals surface area contributed by atoms with Gasteiger partial charge in [0.05, 0.1) is 5.60 Å². The van der Waals surface area contributed by atoms with E-state index >= 15 is 0 Å². The molecule has 0 unspecified atom stereocenters. The van der Waals surface area contributed by atoms with Crippen molar-refractivity contribution >= 4 is 27.5 Å². The third-order valence-electron chi connectivity index (χ3n) is 4.27. The van der Waals surface area contributed by atoms with Crippen LogP contribution in [0, 0.1) is 5.92 Å². The molecule has 106 valence electrons. The fourth-order valence-corrected chi connectivity index (χ4v) is 3.85. The van der Waals surface area contributed by atoms with Gasteiger partial charge >= 0.3 is 0 Å². The summed E-state index contributed by atoms with van der Waals surface area (Å²) in [5, 5.41) is 11.5. The molecule has 0 aliphatic heterocycles. The average molecular weight is 346 g/mol. The van der Waals surface area contributed by atoms with Crippen molar-refractivity contribution in [3.63, 3.8) is 0 Å². The molecule has 1 nitrogen and oxygen atoms in total. The van der Waals surface area contributed by atoms with E-state index in [1.54, 1.807) is 0 Å². The molecule has 1 aliphatic rings. The number of halogens is 2. The van der Waals surface area contributed by atoms with Gasteiger partial charge in [0.15, 0.2) is 0 Å². The first kappa shape index (κ1) is 15.3. The molecule has 0 spiro atoms. The van der Waals surface area contributed by atoms with Crippen LogP contribution < -0.4 is 0 Å². The highest BCUT2D eigenvalue weighted by Crippen LogP contribution is 2.37. The van der Waals surface area contributed by atoms with Crippen LogP contribution in [0.15, 0.2) is 22.7 Å². The maximum absolute atomic E-state index is 10.7. The molecule has 1 saturated carbocycles. The Bertz CT molecular complexity index is 425. The van der Waals surface area contributed by atoms with Gasteiger partial charge in [-0.15, -0.1) is 0 Å². The second-order valence-electron chi connectivity index (χ2n) is 5.87. The van der Waals surface area contributed by atoms with E-state index in [0.717, 1.165) is 46.7 Å². The second kappa shape index (κ2) is 6.60. The van der Waals surface area contributed by atoms with Gasteiger partial charge in [0.1, 0.15) is 0 Å². The molecule has 1 N–H and O–H groups in total. The van der Waals surface area contributed by atoms with Crippen LogP contribution in [-0.2, 0) is 6.42 Å². The van der Waals surface area contributed by atoms with Crippen molar-refractivity contribution < 1.29 is 5.11 Å². The molecule has 0 aromatic heterocycles. The lowest BCUT2D eigenvalue weighted by Crippen LogP contribution is -2.36. The standard InChI is InChI=1S/C16H22BrClO/c1-2-3-12-6-8-16(19,9-7-12)11-13-4-5-14(17)10-15(13)18/h4-5,10,12,19H,2-3,6-9,11H2,1H3. The largest absolute Gasteiger partial charge is 0.390 e. The van der Waals surface area contributed by atoms with Gasteiger partial charge < -0.3 is 5.11 Å². The van der Waals surface area contributed by atoms with Gasteiger partial charge in [-0.2, -0.15) is 0 Å². The summed E-state index contributed by atoms with van der Waals surface area (Å²) in [4.78, 5) is 0. The maximum atomic E-state index is 10.7. The van der Waals surface area contributed by atoms with Crippen LogP contribution in [0.25, 0.3) is 0 Å². The first-order chi connectivity index (χ1) is 9.02. The molecule has 1 aromatic carbocycles. The molecule has 2 rings (SSSR count). The number of rotatable bonds is 4. The predicted molar refractivity (Wildman–Crippen MR) is 84.7 cm³/mol. The highest BCUT2D eigenvalue weighted by atomic mass is 79.9. The van der Waals surface area contributed by atoms with Gasteiger partial charge in [0.2, 0.25) is 0 Å². The minimum Gasteiger partial charge on any atom is -0.390 e. The van der Waals surface area contributed by atoms with E-state index in [1.165, 1.54) is 12.8 Å². The lowest BCUT2D eigenvalue weighted by molar-refractivity contribution is -0.00985. The second-order valence-corrected chi connectivity index (χ2v) is 7.19. The zero-order valence-corrected chi connectivity index (χ0v) is 13.8. The molecule has 1 aromatic rings. The van der Waals surface area contributed by atoms with Crippen molar-refractivity contribution in [1.82, 2.24) is 0 Å². The Morgan fingerprint density at radius 3 is 2.63 bits per heavy atom. The Morgan fingerprint density at radius 2 is 2.05 bits per heavy atom. The van der Waals surface area contributed by atoms with Gasteiger partial charge in [0.25, 0.3) is 0 Å². The number of hydrogen-bond acceptors (Lipinski definition) is 1. The molecular formula is C16H22BrClO. The first-order valence-corrected chi connectivity index (χ1v) is 8.36. The summed E-state index contributed by atoms with van der Waals surface area (Å²) in [6.07, 6.45) is 7.35. The van der Waals surface area contributed by atoms with E-state index < -0.39 is 5.60 Å². The summed E-state index contributed by atoms with van der Waals surface area (Å²) in [6, 6.07) is 5.92. The molecule has 0 radical (unpaired) electrons. The third kappa shape index (κ3) is 4.21. The fourth-order valence-electron chi connectivity index (χ4n) is 3.11. The molecule has 1 aliphatic carbocycles. The minimum absolute atomic E-state index is 0.554. The highest BCUT2D eigenvalue weighted by Gasteiger charge is 2.33. The lowest BCUT2D eigenvalue weighted by Gasteiger charge is -2.36. The van der Waals surface area contributed by atoms with E-state index in [9.17, 15) is 5.11 Å². The van der Waals surface area contributed by atoms with Crippen LogP contribution in [-0.4, -0.2) is 10.7 Å². The monoisotopic (exact) mass is 344 g/mol. The van der Waals surface area contributed by atoms with Crippen molar-refractivity contribution in [3.8, 4) is 0 Å². The first-order valence-electron chi connectivity index (χ1n) is 7.19. The van der Waals surface area contributed by atoms with Crippen molar-refractivity contribution in [2.75, 3.05) is 0 Å². The Labute approximate surface area is 129 Å². The van der Waals surface area contributed by atoms with E-state index in [4.69, 9.17) is 11.6 Å². The van der Waals surface area contributed by atoms with Gasteiger partial charge in [0, 0.05) is 15.9 Å². The van der Waals surface area contributed by atoms with E-state index in [0.29, 0.717) is 6.42 Å². The molecule has 0 atom stereocenters. The SMILES string of the molecule is CCCC1CCC(O)(Cc2ccc(Br)cc2Cl)CC1. The van der Waals surface area contributed by atoms with Gasteiger partial charge in [-0.25, -0.2) is 0 Å². The summed E-state index contributed by atoms with van der Waals surface area (Å²) in [5.74, 6) is 0.811. The van der Waals surface area contributed by atoms with Crippen LogP contribution in [0.3, 0.4) is 0 Å². The van der Waals surface area contributed by atoms with Crippen molar-refractivity contribution in [2.24, 2.45) is 5.92 Å². The van der Waals surface area contributed by atoms with Gasteiger partial charge in [-0.05, 0) is 49.3 Å². The van der Waals surface area contributed by atoms with E-state index in [2.05, 4.69) is 22.9 Å². The van der Waals surface area contributed by atoms with Gasteiger partial charge in [-0.3, -0.25) is 0 Å². The summed E-state index contributed by atoms with van der Waals surface area (Å²) in [6.45, 7) is 2.24. The Morgan fingerprint density at radius 1 is 1.37 bits per heavy atom. The van der Waals surface area contributed by atoms with Crippen LogP contribution in [0.4, 0.5) is 0 Å². The van der Waals surface area contributed by atoms with Crippen LogP contribution >= 0.6 is 27.5 Å². The Kier molecular flexibility index (Phi) is 5.33. The maximum Gasteiger partial charge on any atom is 0.0688 e. The molecular weight excluding hydrogens is 324 g/mol. The van der Waals surface area contributed by atoms with Gasteiger partial charge in [-0.1, -0.05) is 53.4 Å². The molecule has 3 heteroatoms. The topological polar surface area (TPSA) is 20.2 Å². The summed E-state index contributed by atoms with van der Waals surface area (Å²) in [5.41, 5.74) is 0.503. The zero-order valence-electron chi connectivity index (χ0n) is 11.5. The van der Waals surface area contributed by atoms with Crippen LogP contribution in [0.5, 0.6) is 0 Å². The number of hydrogen-bond donors (Lipinski definition) is 1. The summed E-state index contributed by atoms with van der Waals surface area (Å²) >= 11 is 9.66. The molecule has 0 saturated heterocycles. The highest BCUT2D eigenvalue weighted by molar-refractivity contribution is 9.10.